The summed E-state index contributed by atoms with van der Waals surface area (Å²) in [6.45, 7) is 4.31. The van der Waals surface area contributed by atoms with Gasteiger partial charge < -0.3 is 14.0 Å². The smallest absolute Gasteiger partial charge is 0.135 e. The topological polar surface area (TPSA) is 52.4 Å². The lowest BCUT2D eigenvalue weighted by Gasteiger charge is -2.35. The van der Waals surface area contributed by atoms with Gasteiger partial charge in [0.1, 0.15) is 23.8 Å². The molecule has 1 atom stereocenters. The van der Waals surface area contributed by atoms with Crippen LogP contribution >= 0.6 is 0 Å². The van der Waals surface area contributed by atoms with E-state index in [9.17, 15) is 0 Å². The molecule has 1 saturated heterocycles. The summed E-state index contributed by atoms with van der Waals surface area (Å²) in [4.78, 5) is 11.2. The van der Waals surface area contributed by atoms with Gasteiger partial charge in [0.15, 0.2) is 0 Å². The maximum absolute atomic E-state index is 6.35. The Hall–Kier alpha value is -2.70. The van der Waals surface area contributed by atoms with Crippen molar-refractivity contribution in [2.45, 2.75) is 31.7 Å². The summed E-state index contributed by atoms with van der Waals surface area (Å²) < 4.78 is 14.1. The summed E-state index contributed by atoms with van der Waals surface area (Å²) >= 11 is 0. The van der Waals surface area contributed by atoms with Crippen LogP contribution < -0.4 is 4.74 Å². The second-order valence-electron chi connectivity index (χ2n) is 7.67. The van der Waals surface area contributed by atoms with Gasteiger partial charge in [0.05, 0.1) is 25.5 Å². The molecule has 2 aromatic heterocycles. The molecule has 0 saturated carbocycles. The number of fused-ring (bicyclic) bond motifs is 1. The minimum Gasteiger partial charge on any atom is -0.497 e. The average Bonchev–Trinajstić information content (AvgIpc) is 3.33. The minimum atomic E-state index is -0.144. The van der Waals surface area contributed by atoms with Gasteiger partial charge in [0.2, 0.25) is 0 Å². The van der Waals surface area contributed by atoms with E-state index in [0.29, 0.717) is 6.61 Å². The number of likely N-dealkylation sites (tertiary alicyclic amines) is 1. The fourth-order valence-electron chi connectivity index (χ4n) is 4.33. The molecule has 0 bridgehead atoms. The molecule has 1 spiro atoms. The van der Waals surface area contributed by atoms with Crippen molar-refractivity contribution < 1.29 is 9.47 Å². The van der Waals surface area contributed by atoms with Gasteiger partial charge in [0.25, 0.3) is 0 Å². The van der Waals surface area contributed by atoms with Gasteiger partial charge >= 0.3 is 0 Å². The molecule has 144 valence electrons. The predicted molar refractivity (Wildman–Crippen MR) is 106 cm³/mol. The van der Waals surface area contributed by atoms with Crippen LogP contribution in [0.4, 0.5) is 0 Å². The second kappa shape index (κ2) is 7.04. The summed E-state index contributed by atoms with van der Waals surface area (Å²) in [5, 5.41) is 0. The Balaban J connectivity index is 1.37. The minimum absolute atomic E-state index is 0.144. The van der Waals surface area contributed by atoms with E-state index in [-0.39, 0.29) is 5.60 Å². The Labute approximate surface area is 164 Å². The van der Waals surface area contributed by atoms with Crippen LogP contribution in [0.2, 0.25) is 0 Å². The summed E-state index contributed by atoms with van der Waals surface area (Å²) in [6.07, 6.45) is 6.70. The number of hydrogen-bond acceptors (Lipinski definition) is 5. The highest BCUT2D eigenvalue weighted by Crippen LogP contribution is 2.36. The molecule has 0 aliphatic carbocycles. The summed E-state index contributed by atoms with van der Waals surface area (Å²) in [5.41, 5.74) is 3.41. The SMILES string of the molecule is COc1cccc(-c2cnc3n2C[C@@]2(CCN(Cc4ccncc4)C2)OC3)c1. The number of imidazole rings is 1. The van der Waals surface area contributed by atoms with Crippen LogP contribution in [0.3, 0.4) is 0 Å². The number of ether oxygens (including phenoxy) is 2. The number of nitrogens with zero attached hydrogens (tertiary/aromatic N) is 4. The highest BCUT2D eigenvalue weighted by Gasteiger charge is 2.43. The van der Waals surface area contributed by atoms with Crippen LogP contribution in [0.15, 0.2) is 55.0 Å². The first kappa shape index (κ1) is 17.4. The lowest BCUT2D eigenvalue weighted by atomic mass is 10.0. The molecule has 0 N–H and O–H groups in total. The van der Waals surface area contributed by atoms with E-state index in [1.165, 1.54) is 5.56 Å². The molecular formula is C22H24N4O2. The van der Waals surface area contributed by atoms with Crippen molar-refractivity contribution in [3.05, 3.63) is 66.4 Å². The molecule has 28 heavy (non-hydrogen) atoms. The zero-order valence-corrected chi connectivity index (χ0v) is 16.0. The molecular weight excluding hydrogens is 352 g/mol. The average molecular weight is 376 g/mol. The van der Waals surface area contributed by atoms with Crippen molar-refractivity contribution in [2.75, 3.05) is 20.2 Å². The highest BCUT2D eigenvalue weighted by atomic mass is 16.5. The maximum atomic E-state index is 6.35. The lowest BCUT2D eigenvalue weighted by Crippen LogP contribution is -2.44. The van der Waals surface area contributed by atoms with Gasteiger partial charge in [-0.2, -0.15) is 0 Å². The molecule has 0 radical (unpaired) electrons. The summed E-state index contributed by atoms with van der Waals surface area (Å²) in [7, 11) is 1.70. The van der Waals surface area contributed by atoms with E-state index in [1.54, 1.807) is 7.11 Å². The predicted octanol–water partition coefficient (Wildman–Crippen LogP) is 3.13. The molecule has 5 rings (SSSR count). The van der Waals surface area contributed by atoms with Gasteiger partial charge in [-0.15, -0.1) is 0 Å². The Morgan fingerprint density at radius 3 is 2.93 bits per heavy atom. The van der Waals surface area contributed by atoms with E-state index in [1.807, 2.05) is 30.7 Å². The summed E-state index contributed by atoms with van der Waals surface area (Å²) in [6, 6.07) is 12.3. The van der Waals surface area contributed by atoms with Crippen molar-refractivity contribution in [1.82, 2.24) is 19.4 Å². The van der Waals surface area contributed by atoms with Crippen LogP contribution in [0, 0.1) is 0 Å². The van der Waals surface area contributed by atoms with E-state index in [2.05, 4.69) is 43.7 Å². The van der Waals surface area contributed by atoms with Gasteiger partial charge in [-0.05, 0) is 36.2 Å². The molecule has 1 aromatic carbocycles. The number of methoxy groups -OCH3 is 1. The van der Waals surface area contributed by atoms with Crippen LogP contribution in [0.5, 0.6) is 5.75 Å². The Morgan fingerprint density at radius 1 is 1.18 bits per heavy atom. The maximum Gasteiger partial charge on any atom is 0.135 e. The fourth-order valence-corrected chi connectivity index (χ4v) is 4.33. The molecule has 4 heterocycles. The van der Waals surface area contributed by atoms with Gasteiger partial charge in [-0.3, -0.25) is 9.88 Å². The molecule has 2 aliphatic rings. The van der Waals surface area contributed by atoms with Crippen LogP contribution in [0.1, 0.15) is 17.8 Å². The zero-order valence-electron chi connectivity index (χ0n) is 16.0. The van der Waals surface area contributed by atoms with Crippen molar-refractivity contribution in [2.24, 2.45) is 0 Å². The Kier molecular flexibility index (Phi) is 4.37. The van der Waals surface area contributed by atoms with E-state index < -0.39 is 0 Å². The van der Waals surface area contributed by atoms with Crippen LogP contribution in [-0.4, -0.2) is 45.2 Å². The number of hydrogen-bond donors (Lipinski definition) is 0. The molecule has 0 amide bonds. The molecule has 1 fully saturated rings. The second-order valence-corrected chi connectivity index (χ2v) is 7.67. The standard InChI is InChI=1S/C22H24N4O2/c1-27-19-4-2-3-18(11-19)20-12-24-21-14-28-22(16-26(20)21)7-10-25(15-22)13-17-5-8-23-9-6-17/h2-6,8-9,11-12H,7,10,13-16H2,1H3/t22-/m0/s1. The summed E-state index contributed by atoms with van der Waals surface area (Å²) in [5.74, 6) is 1.86. The van der Waals surface area contributed by atoms with E-state index >= 15 is 0 Å². The quantitative estimate of drug-likeness (QED) is 0.700. The van der Waals surface area contributed by atoms with Crippen LogP contribution in [0.25, 0.3) is 11.3 Å². The van der Waals surface area contributed by atoms with Gasteiger partial charge in [-0.25, -0.2) is 4.98 Å². The highest BCUT2D eigenvalue weighted by molar-refractivity contribution is 5.61. The van der Waals surface area contributed by atoms with Gasteiger partial charge in [-0.1, -0.05) is 12.1 Å². The van der Waals surface area contributed by atoms with Crippen molar-refractivity contribution in [3.63, 3.8) is 0 Å². The van der Waals surface area contributed by atoms with Crippen LogP contribution in [-0.2, 0) is 24.4 Å². The number of benzene rings is 1. The van der Waals surface area contributed by atoms with E-state index in [4.69, 9.17) is 9.47 Å². The Bertz CT molecular complexity index is 972. The van der Waals surface area contributed by atoms with Crippen molar-refractivity contribution in [1.29, 1.82) is 0 Å². The fraction of sp³-hybridized carbons (Fsp3) is 0.364. The Morgan fingerprint density at radius 2 is 2.07 bits per heavy atom. The lowest BCUT2D eigenvalue weighted by molar-refractivity contribution is -0.0821. The largest absolute Gasteiger partial charge is 0.497 e. The molecule has 0 unspecified atom stereocenters. The van der Waals surface area contributed by atoms with E-state index in [0.717, 1.165) is 55.4 Å². The number of rotatable bonds is 4. The first-order valence-corrected chi connectivity index (χ1v) is 9.69. The first-order chi connectivity index (χ1) is 13.7. The first-order valence-electron chi connectivity index (χ1n) is 9.69. The third-order valence-electron chi connectivity index (χ3n) is 5.81. The molecule has 2 aliphatic heterocycles. The number of aromatic nitrogens is 3. The number of pyridine rings is 1. The molecule has 6 heteroatoms. The third-order valence-corrected chi connectivity index (χ3v) is 5.81. The van der Waals surface area contributed by atoms with Gasteiger partial charge in [0, 0.05) is 37.6 Å². The molecule has 3 aromatic rings. The normalized spacial score (nSPS) is 21.8. The van der Waals surface area contributed by atoms with Crippen molar-refractivity contribution >= 4 is 0 Å². The monoisotopic (exact) mass is 376 g/mol. The third kappa shape index (κ3) is 3.19. The van der Waals surface area contributed by atoms with Crippen molar-refractivity contribution in [3.8, 4) is 17.0 Å². The zero-order chi connectivity index (χ0) is 19.0. The molecule has 6 nitrogen and oxygen atoms in total.